The van der Waals surface area contributed by atoms with Crippen LogP contribution in [0.5, 0.6) is 11.5 Å². The highest BCUT2D eigenvalue weighted by atomic mass is 16.7. The minimum atomic E-state index is -0.749. The van der Waals surface area contributed by atoms with Crippen LogP contribution in [0, 0.1) is 0 Å². The lowest BCUT2D eigenvalue weighted by molar-refractivity contribution is -0.143. The van der Waals surface area contributed by atoms with E-state index in [1.165, 1.54) is 0 Å². The predicted molar refractivity (Wildman–Crippen MR) is 74.4 cm³/mol. The molecule has 1 aromatic carbocycles. The number of rotatable bonds is 3. The molecule has 2 aliphatic rings. The normalized spacial score (nSPS) is 19.6. The van der Waals surface area contributed by atoms with E-state index >= 15 is 0 Å². The van der Waals surface area contributed by atoms with Gasteiger partial charge >= 0.3 is 5.97 Å². The Kier molecular flexibility index (Phi) is 3.11. The van der Waals surface area contributed by atoms with Gasteiger partial charge in [0.25, 0.3) is 0 Å². The van der Waals surface area contributed by atoms with Crippen LogP contribution in [0.3, 0.4) is 0 Å². The number of carbonyl (C=O) groups is 1. The van der Waals surface area contributed by atoms with Crippen LogP contribution in [0.1, 0.15) is 56.6 Å². The van der Waals surface area contributed by atoms with Crippen LogP contribution in [0.25, 0.3) is 0 Å². The molecule has 0 saturated heterocycles. The van der Waals surface area contributed by atoms with Crippen LogP contribution in [0.4, 0.5) is 0 Å². The number of carboxylic acids is 1. The molecular weight excluding hydrogens is 256 g/mol. The molecule has 1 aliphatic carbocycles. The number of hydrogen-bond acceptors (Lipinski definition) is 3. The lowest BCUT2D eigenvalue weighted by Crippen LogP contribution is -2.34. The van der Waals surface area contributed by atoms with E-state index in [2.05, 4.69) is 13.8 Å². The summed E-state index contributed by atoms with van der Waals surface area (Å²) in [5.41, 5.74) is 1.17. The third-order valence-corrected chi connectivity index (χ3v) is 4.54. The van der Waals surface area contributed by atoms with Crippen molar-refractivity contribution >= 4 is 5.97 Å². The topological polar surface area (TPSA) is 55.8 Å². The van der Waals surface area contributed by atoms with E-state index in [-0.39, 0.29) is 12.7 Å². The monoisotopic (exact) mass is 276 g/mol. The summed E-state index contributed by atoms with van der Waals surface area (Å²) in [6.45, 7) is 4.37. The van der Waals surface area contributed by atoms with E-state index in [0.717, 1.165) is 35.5 Å². The van der Waals surface area contributed by atoms with Crippen molar-refractivity contribution in [2.24, 2.45) is 0 Å². The number of fused-ring (bicyclic) bond motifs is 1. The van der Waals surface area contributed by atoms with Crippen LogP contribution in [0.15, 0.2) is 12.1 Å². The third-order valence-electron chi connectivity index (χ3n) is 4.54. The first-order valence-corrected chi connectivity index (χ1v) is 7.22. The lowest BCUT2D eigenvalue weighted by atomic mass is 9.74. The first-order valence-electron chi connectivity index (χ1n) is 7.22. The summed E-state index contributed by atoms with van der Waals surface area (Å²) in [4.78, 5) is 11.9. The summed E-state index contributed by atoms with van der Waals surface area (Å²) in [5.74, 6) is 0.968. The summed E-state index contributed by atoms with van der Waals surface area (Å²) >= 11 is 0. The molecular formula is C16H20O4. The van der Waals surface area contributed by atoms with Crippen molar-refractivity contribution in [2.75, 3.05) is 6.79 Å². The second-order valence-electron chi connectivity index (χ2n) is 6.01. The lowest BCUT2D eigenvalue weighted by Gasteiger charge is -2.29. The fraction of sp³-hybridized carbons (Fsp3) is 0.562. The number of benzene rings is 1. The Balaban J connectivity index is 2.21. The Labute approximate surface area is 118 Å². The number of ether oxygens (including phenoxy) is 2. The molecule has 108 valence electrons. The molecule has 1 N–H and O–H groups in total. The smallest absolute Gasteiger partial charge is 0.314 e. The van der Waals surface area contributed by atoms with Gasteiger partial charge in [-0.15, -0.1) is 0 Å². The number of aliphatic carboxylic acids is 1. The molecule has 0 unspecified atom stereocenters. The summed E-state index contributed by atoms with van der Waals surface area (Å²) in [7, 11) is 0. The molecule has 1 heterocycles. The second kappa shape index (κ2) is 4.69. The van der Waals surface area contributed by atoms with Gasteiger partial charge < -0.3 is 14.6 Å². The van der Waals surface area contributed by atoms with Crippen LogP contribution in [-0.2, 0) is 10.2 Å². The number of carboxylic acid groups (broad SMARTS) is 1. The Bertz CT molecular complexity index is 542. The van der Waals surface area contributed by atoms with Crippen molar-refractivity contribution in [2.45, 2.75) is 50.9 Å². The Hall–Kier alpha value is -1.71. The quantitative estimate of drug-likeness (QED) is 0.918. The largest absolute Gasteiger partial charge is 0.481 e. The van der Waals surface area contributed by atoms with Crippen LogP contribution >= 0.6 is 0 Å². The number of hydrogen-bond donors (Lipinski definition) is 1. The molecule has 0 radical (unpaired) electrons. The standard InChI is InChI=1S/C16H20O4/c1-10(2)13-11(5-6-12-14(13)20-9-19-12)16(15(17)18)7-3-4-8-16/h5-6,10H,3-4,7-9H2,1-2H3,(H,17,18). The van der Waals surface area contributed by atoms with E-state index in [4.69, 9.17) is 9.47 Å². The molecule has 1 aliphatic heterocycles. The summed E-state index contributed by atoms with van der Waals surface area (Å²) < 4.78 is 11.0. The zero-order valence-corrected chi connectivity index (χ0v) is 11.9. The van der Waals surface area contributed by atoms with Gasteiger partial charge in [0, 0.05) is 5.56 Å². The molecule has 1 aromatic rings. The second-order valence-corrected chi connectivity index (χ2v) is 6.01. The molecule has 1 fully saturated rings. The van der Waals surface area contributed by atoms with E-state index in [1.807, 2.05) is 12.1 Å². The minimum Gasteiger partial charge on any atom is -0.481 e. The molecule has 0 atom stereocenters. The van der Waals surface area contributed by atoms with Gasteiger partial charge in [-0.2, -0.15) is 0 Å². The Morgan fingerprint density at radius 1 is 1.25 bits per heavy atom. The van der Waals surface area contributed by atoms with Crippen molar-refractivity contribution in [1.29, 1.82) is 0 Å². The van der Waals surface area contributed by atoms with E-state index in [0.29, 0.717) is 12.8 Å². The van der Waals surface area contributed by atoms with Crippen molar-refractivity contribution in [3.63, 3.8) is 0 Å². The summed E-state index contributed by atoms with van der Waals surface area (Å²) in [6.07, 6.45) is 3.36. The summed E-state index contributed by atoms with van der Waals surface area (Å²) in [5, 5.41) is 9.80. The highest BCUT2D eigenvalue weighted by Crippen LogP contribution is 2.49. The SMILES string of the molecule is CC(C)c1c(C2(C(=O)O)CCCC2)ccc2c1OCO2. The van der Waals surface area contributed by atoms with E-state index < -0.39 is 11.4 Å². The molecule has 3 rings (SSSR count). The average Bonchev–Trinajstić information content (AvgIpc) is 3.06. The highest BCUT2D eigenvalue weighted by molar-refractivity contribution is 5.83. The molecule has 0 bridgehead atoms. The van der Waals surface area contributed by atoms with Crippen molar-refractivity contribution in [3.05, 3.63) is 23.3 Å². The van der Waals surface area contributed by atoms with Gasteiger partial charge in [-0.1, -0.05) is 32.8 Å². The fourth-order valence-corrected chi connectivity index (χ4v) is 3.56. The first-order chi connectivity index (χ1) is 9.56. The van der Waals surface area contributed by atoms with Gasteiger partial charge in [0.15, 0.2) is 11.5 Å². The maximum Gasteiger partial charge on any atom is 0.314 e. The Morgan fingerprint density at radius 3 is 2.55 bits per heavy atom. The molecule has 1 saturated carbocycles. The zero-order valence-electron chi connectivity index (χ0n) is 11.9. The fourth-order valence-electron chi connectivity index (χ4n) is 3.56. The predicted octanol–water partition coefficient (Wildman–Crippen LogP) is 3.44. The van der Waals surface area contributed by atoms with Crippen LogP contribution in [-0.4, -0.2) is 17.9 Å². The van der Waals surface area contributed by atoms with Gasteiger partial charge in [-0.3, -0.25) is 4.79 Å². The minimum absolute atomic E-state index is 0.207. The van der Waals surface area contributed by atoms with Crippen molar-refractivity contribution < 1.29 is 19.4 Å². The molecule has 20 heavy (non-hydrogen) atoms. The van der Waals surface area contributed by atoms with Crippen LogP contribution < -0.4 is 9.47 Å². The van der Waals surface area contributed by atoms with Gasteiger partial charge in [-0.25, -0.2) is 0 Å². The molecule has 0 amide bonds. The maximum absolute atomic E-state index is 11.9. The van der Waals surface area contributed by atoms with Crippen LogP contribution in [0.2, 0.25) is 0 Å². The van der Waals surface area contributed by atoms with Gasteiger partial charge in [0.2, 0.25) is 6.79 Å². The molecule has 0 aromatic heterocycles. The third kappa shape index (κ3) is 1.78. The van der Waals surface area contributed by atoms with E-state index in [9.17, 15) is 9.90 Å². The van der Waals surface area contributed by atoms with Gasteiger partial charge in [0.1, 0.15) is 0 Å². The maximum atomic E-state index is 11.9. The van der Waals surface area contributed by atoms with Crippen molar-refractivity contribution in [1.82, 2.24) is 0 Å². The highest BCUT2D eigenvalue weighted by Gasteiger charge is 2.45. The summed E-state index contributed by atoms with van der Waals surface area (Å²) in [6, 6.07) is 3.79. The zero-order chi connectivity index (χ0) is 14.3. The first kappa shape index (κ1) is 13.3. The molecule has 0 spiro atoms. The molecule has 4 heteroatoms. The van der Waals surface area contributed by atoms with Crippen molar-refractivity contribution in [3.8, 4) is 11.5 Å². The average molecular weight is 276 g/mol. The molecule has 4 nitrogen and oxygen atoms in total. The van der Waals surface area contributed by atoms with Gasteiger partial charge in [0.05, 0.1) is 5.41 Å². The Morgan fingerprint density at radius 2 is 1.95 bits per heavy atom. The van der Waals surface area contributed by atoms with Gasteiger partial charge in [-0.05, 0) is 30.4 Å². The van der Waals surface area contributed by atoms with E-state index in [1.54, 1.807) is 0 Å².